The Bertz CT molecular complexity index is 237. The van der Waals surface area contributed by atoms with Crippen LogP contribution in [0.25, 0.3) is 0 Å². The number of unbranched alkanes of at least 4 members (excludes halogenated alkanes) is 3. The van der Waals surface area contributed by atoms with Gasteiger partial charge in [-0.1, -0.05) is 26.2 Å². The molecule has 0 saturated carbocycles. The third kappa shape index (κ3) is 22.7. The average Bonchev–Trinajstić information content (AvgIpc) is 2.16. The van der Waals surface area contributed by atoms with Crippen molar-refractivity contribution in [2.24, 2.45) is 16.5 Å². The summed E-state index contributed by atoms with van der Waals surface area (Å²) in [7, 11) is 0. The Hall–Kier alpha value is -1.88. The number of carbonyl (C=O) groups is 2. The summed E-state index contributed by atoms with van der Waals surface area (Å²) >= 11 is 0. The van der Waals surface area contributed by atoms with Crippen molar-refractivity contribution in [3.8, 4) is 0 Å². The predicted molar refractivity (Wildman–Crippen MR) is 59.4 cm³/mol. The van der Waals surface area contributed by atoms with Crippen LogP contribution in [0.2, 0.25) is 0 Å². The first kappa shape index (κ1) is 16.5. The summed E-state index contributed by atoms with van der Waals surface area (Å²) < 4.78 is 0. The van der Waals surface area contributed by atoms with E-state index in [0.717, 1.165) is 6.42 Å². The predicted octanol–water partition coefficient (Wildman–Crippen LogP) is 0.636. The lowest BCUT2D eigenvalue weighted by molar-refractivity contribution is 0.236. The number of nitrogens with zero attached hydrogens (tertiary/aromatic N) is 1. The molecule has 0 fully saturated rings. The van der Waals surface area contributed by atoms with Crippen molar-refractivity contribution >= 4 is 18.1 Å². The number of primary amides is 2. The Morgan fingerprint density at radius 3 is 2.06 bits per heavy atom. The van der Waals surface area contributed by atoms with Gasteiger partial charge in [0.1, 0.15) is 0 Å². The van der Waals surface area contributed by atoms with Gasteiger partial charge in [0.25, 0.3) is 0 Å². The lowest BCUT2D eigenvalue weighted by Gasteiger charge is -1.90. The fraction of sp³-hybridized carbons (Fsp3) is 0.667. The maximum Gasteiger partial charge on any atom is 0.320 e. The summed E-state index contributed by atoms with van der Waals surface area (Å²) in [5, 5.41) is 1.58. The summed E-state index contributed by atoms with van der Waals surface area (Å²) in [6.07, 6.45) is 6.20. The molecule has 0 aromatic heterocycles. The lowest BCUT2D eigenvalue weighted by Crippen LogP contribution is -2.38. The van der Waals surface area contributed by atoms with Crippen molar-refractivity contribution in [3.63, 3.8) is 0 Å². The van der Waals surface area contributed by atoms with Crippen LogP contribution in [0.5, 0.6) is 0 Å². The molecule has 92 valence electrons. The summed E-state index contributed by atoms with van der Waals surface area (Å²) in [4.78, 5) is 32.2. The summed E-state index contributed by atoms with van der Waals surface area (Å²) in [6, 6.07) is -1.88. The molecule has 0 bridgehead atoms. The zero-order chi connectivity index (χ0) is 12.8. The largest absolute Gasteiger partial charge is 0.351 e. The number of amides is 4. The maximum atomic E-state index is 9.62. The molecule has 0 aromatic rings. The highest BCUT2D eigenvalue weighted by Gasteiger charge is 1.92. The third-order valence-electron chi connectivity index (χ3n) is 1.43. The molecular formula is C9H18N4O3. The van der Waals surface area contributed by atoms with Gasteiger partial charge in [-0.05, 0) is 6.42 Å². The van der Waals surface area contributed by atoms with E-state index < -0.39 is 12.1 Å². The summed E-state index contributed by atoms with van der Waals surface area (Å²) in [6.45, 7) is 2.81. The molecule has 0 radical (unpaired) electrons. The molecule has 5 N–H and O–H groups in total. The van der Waals surface area contributed by atoms with Gasteiger partial charge in [0.15, 0.2) is 0 Å². The second-order valence-electron chi connectivity index (χ2n) is 2.89. The first-order valence-corrected chi connectivity index (χ1v) is 4.94. The minimum atomic E-state index is -0.938. The minimum Gasteiger partial charge on any atom is -0.351 e. The van der Waals surface area contributed by atoms with Crippen molar-refractivity contribution in [2.75, 3.05) is 6.54 Å². The average molecular weight is 230 g/mol. The molecule has 0 aliphatic heterocycles. The molecule has 0 unspecified atom stereocenters. The minimum absolute atomic E-state index is 0.656. The Kier molecular flexibility index (Phi) is 13.6. The highest BCUT2D eigenvalue weighted by atomic mass is 16.2. The standard InChI is InChI=1S/C7H13NO.C2H5N3O2/c1-2-3-4-5-6-8-7-9;3-1(6)5-2(4)7/h2-6H2,1H3;(H5,3,4,5,6,7). The van der Waals surface area contributed by atoms with Gasteiger partial charge >= 0.3 is 12.1 Å². The zero-order valence-corrected chi connectivity index (χ0v) is 9.36. The van der Waals surface area contributed by atoms with E-state index in [2.05, 4.69) is 23.4 Å². The van der Waals surface area contributed by atoms with Crippen LogP contribution < -0.4 is 16.8 Å². The van der Waals surface area contributed by atoms with E-state index in [9.17, 15) is 14.4 Å². The lowest BCUT2D eigenvalue weighted by atomic mass is 10.2. The number of nitrogens with one attached hydrogen (secondary N) is 1. The smallest absolute Gasteiger partial charge is 0.320 e. The first-order chi connectivity index (χ1) is 7.54. The Balaban J connectivity index is 0. The van der Waals surface area contributed by atoms with Crippen molar-refractivity contribution in [1.82, 2.24) is 5.32 Å². The van der Waals surface area contributed by atoms with Crippen molar-refractivity contribution in [1.29, 1.82) is 0 Å². The van der Waals surface area contributed by atoms with Crippen LogP contribution in [0.15, 0.2) is 4.99 Å². The Morgan fingerprint density at radius 2 is 1.75 bits per heavy atom. The normalized spacial score (nSPS) is 8.06. The van der Waals surface area contributed by atoms with Crippen LogP contribution in [0.3, 0.4) is 0 Å². The van der Waals surface area contributed by atoms with Crippen LogP contribution in [0.4, 0.5) is 9.59 Å². The molecule has 16 heavy (non-hydrogen) atoms. The van der Waals surface area contributed by atoms with Gasteiger partial charge in [0.2, 0.25) is 6.08 Å². The monoisotopic (exact) mass is 230 g/mol. The summed E-state index contributed by atoms with van der Waals surface area (Å²) in [5.41, 5.74) is 8.88. The second kappa shape index (κ2) is 13.1. The van der Waals surface area contributed by atoms with Gasteiger partial charge in [0, 0.05) is 0 Å². The van der Waals surface area contributed by atoms with Gasteiger partial charge in [0.05, 0.1) is 6.54 Å². The fourth-order valence-corrected chi connectivity index (χ4v) is 0.785. The highest BCUT2D eigenvalue weighted by Crippen LogP contribution is 1.97. The SMILES string of the molecule is CCCCCCN=C=O.NC(=O)NC(N)=O. The molecule has 0 atom stereocenters. The maximum absolute atomic E-state index is 9.62. The molecule has 0 heterocycles. The van der Waals surface area contributed by atoms with Crippen LogP contribution >= 0.6 is 0 Å². The molecule has 0 spiro atoms. The fourth-order valence-electron chi connectivity index (χ4n) is 0.785. The van der Waals surface area contributed by atoms with E-state index in [4.69, 9.17) is 0 Å². The molecule has 0 aliphatic rings. The number of rotatable bonds is 5. The van der Waals surface area contributed by atoms with Crippen LogP contribution in [-0.2, 0) is 4.79 Å². The molecule has 0 aromatic carbocycles. The number of hydrogen-bond acceptors (Lipinski definition) is 4. The molecular weight excluding hydrogens is 212 g/mol. The van der Waals surface area contributed by atoms with E-state index in [1.807, 2.05) is 0 Å². The zero-order valence-electron chi connectivity index (χ0n) is 9.36. The molecule has 7 heteroatoms. The van der Waals surface area contributed by atoms with Gasteiger partial charge in [-0.2, -0.15) is 0 Å². The molecule has 4 amide bonds. The Labute approximate surface area is 94.3 Å². The summed E-state index contributed by atoms with van der Waals surface area (Å²) in [5.74, 6) is 0. The van der Waals surface area contributed by atoms with E-state index in [-0.39, 0.29) is 0 Å². The van der Waals surface area contributed by atoms with Crippen molar-refractivity contribution in [2.45, 2.75) is 32.6 Å². The number of nitrogens with two attached hydrogens (primary N) is 2. The molecule has 0 rings (SSSR count). The molecule has 7 nitrogen and oxygen atoms in total. The topological polar surface area (TPSA) is 128 Å². The van der Waals surface area contributed by atoms with Crippen molar-refractivity contribution in [3.05, 3.63) is 0 Å². The van der Waals surface area contributed by atoms with E-state index in [1.54, 1.807) is 5.32 Å². The number of aliphatic imine (C=N–C) groups is 1. The highest BCUT2D eigenvalue weighted by molar-refractivity contribution is 5.91. The Morgan fingerprint density at radius 1 is 1.19 bits per heavy atom. The first-order valence-electron chi connectivity index (χ1n) is 4.94. The van der Waals surface area contributed by atoms with Gasteiger partial charge in [-0.3, -0.25) is 5.32 Å². The third-order valence-corrected chi connectivity index (χ3v) is 1.43. The number of urea groups is 2. The van der Waals surface area contributed by atoms with E-state index in [1.165, 1.54) is 25.3 Å². The number of isocyanates is 1. The second-order valence-corrected chi connectivity index (χ2v) is 2.89. The van der Waals surface area contributed by atoms with Gasteiger partial charge in [-0.15, -0.1) is 0 Å². The molecule has 0 saturated heterocycles. The van der Waals surface area contributed by atoms with Crippen LogP contribution in [-0.4, -0.2) is 24.7 Å². The van der Waals surface area contributed by atoms with E-state index in [0.29, 0.717) is 6.54 Å². The van der Waals surface area contributed by atoms with Crippen molar-refractivity contribution < 1.29 is 14.4 Å². The van der Waals surface area contributed by atoms with Crippen LogP contribution in [0, 0.1) is 0 Å². The van der Waals surface area contributed by atoms with Gasteiger partial charge < -0.3 is 11.5 Å². The number of carbonyl (C=O) groups excluding carboxylic acids is 3. The number of hydrogen-bond donors (Lipinski definition) is 3. The quantitative estimate of drug-likeness (QED) is 0.364. The van der Waals surface area contributed by atoms with Gasteiger partial charge in [-0.25, -0.2) is 19.4 Å². The molecule has 0 aliphatic carbocycles. The van der Waals surface area contributed by atoms with Crippen LogP contribution in [0.1, 0.15) is 32.6 Å². The number of imide groups is 1. The van der Waals surface area contributed by atoms with E-state index >= 15 is 0 Å².